The number of rotatable bonds is 6. The molecule has 6 heteroatoms. The fraction of sp³-hybridized carbons (Fsp3) is 0.156. The van der Waals surface area contributed by atoms with Gasteiger partial charge in [0.2, 0.25) is 0 Å². The number of fused-ring (bicyclic) bond motifs is 2. The van der Waals surface area contributed by atoms with E-state index in [1.165, 1.54) is 0 Å². The molecule has 0 unspecified atom stereocenters. The van der Waals surface area contributed by atoms with Crippen molar-refractivity contribution in [2.24, 2.45) is 7.05 Å². The highest BCUT2D eigenvalue weighted by Crippen LogP contribution is 2.31. The third-order valence-electron chi connectivity index (χ3n) is 7.25. The van der Waals surface area contributed by atoms with Crippen molar-refractivity contribution in [1.82, 2.24) is 19.1 Å². The maximum Gasteiger partial charge on any atom is 0.336 e. The maximum absolute atomic E-state index is 11.7. The Morgan fingerprint density at radius 3 is 2.34 bits per heavy atom. The van der Waals surface area contributed by atoms with E-state index in [0.717, 1.165) is 68.0 Å². The number of hydrogen-bond acceptors (Lipinski definition) is 3. The van der Waals surface area contributed by atoms with Gasteiger partial charge in [0.15, 0.2) is 0 Å². The Balaban J connectivity index is 1.41. The van der Waals surface area contributed by atoms with Crippen LogP contribution < -0.4 is 0 Å². The van der Waals surface area contributed by atoms with E-state index in [1.54, 1.807) is 12.1 Å². The minimum atomic E-state index is -0.922. The van der Waals surface area contributed by atoms with Crippen LogP contribution in [0.15, 0.2) is 84.9 Å². The van der Waals surface area contributed by atoms with Crippen LogP contribution in [-0.2, 0) is 20.0 Å². The van der Waals surface area contributed by atoms with Crippen molar-refractivity contribution < 1.29 is 9.90 Å². The van der Waals surface area contributed by atoms with E-state index in [9.17, 15) is 9.90 Å². The van der Waals surface area contributed by atoms with Gasteiger partial charge < -0.3 is 14.2 Å². The summed E-state index contributed by atoms with van der Waals surface area (Å²) in [6, 6.07) is 27.8. The molecule has 0 spiro atoms. The monoisotopic (exact) mass is 500 g/mol. The Labute approximate surface area is 220 Å². The van der Waals surface area contributed by atoms with Gasteiger partial charge in [-0.15, -0.1) is 0 Å². The van der Waals surface area contributed by atoms with Gasteiger partial charge in [0.1, 0.15) is 11.6 Å². The molecule has 0 aliphatic rings. The topological polar surface area (TPSA) is 72.9 Å². The van der Waals surface area contributed by atoms with E-state index in [2.05, 4.69) is 60.4 Å². The summed E-state index contributed by atoms with van der Waals surface area (Å²) in [4.78, 5) is 21.6. The van der Waals surface area contributed by atoms with E-state index >= 15 is 0 Å². The Morgan fingerprint density at radius 2 is 1.61 bits per heavy atom. The molecule has 6 rings (SSSR count). The second-order valence-corrected chi connectivity index (χ2v) is 9.66. The summed E-state index contributed by atoms with van der Waals surface area (Å²) in [5.74, 6) is 1.04. The molecule has 1 N–H and O–H groups in total. The summed E-state index contributed by atoms with van der Waals surface area (Å²) in [5, 5.41) is 9.58. The molecule has 0 radical (unpaired) electrons. The lowest BCUT2D eigenvalue weighted by molar-refractivity contribution is 0.0697. The summed E-state index contributed by atoms with van der Waals surface area (Å²) in [6.45, 7) is 4.91. The number of imidazole rings is 2. The van der Waals surface area contributed by atoms with Crippen LogP contribution in [0, 0.1) is 6.92 Å². The highest BCUT2D eigenvalue weighted by Gasteiger charge is 2.17. The molecule has 188 valence electrons. The fourth-order valence-electron chi connectivity index (χ4n) is 5.31. The average molecular weight is 501 g/mol. The number of aromatic nitrogens is 4. The molecule has 0 aliphatic carbocycles. The van der Waals surface area contributed by atoms with Crippen molar-refractivity contribution >= 4 is 28.0 Å². The molecule has 0 fully saturated rings. The zero-order valence-corrected chi connectivity index (χ0v) is 21.6. The summed E-state index contributed by atoms with van der Waals surface area (Å²) in [6.07, 6.45) is 0.819. The van der Waals surface area contributed by atoms with E-state index in [0.29, 0.717) is 12.1 Å². The van der Waals surface area contributed by atoms with Gasteiger partial charge in [-0.25, -0.2) is 14.8 Å². The number of carboxylic acid groups (broad SMARTS) is 1. The van der Waals surface area contributed by atoms with E-state index in [4.69, 9.17) is 9.97 Å². The fourth-order valence-corrected chi connectivity index (χ4v) is 5.31. The van der Waals surface area contributed by atoms with Crippen LogP contribution in [0.25, 0.3) is 44.6 Å². The second-order valence-electron chi connectivity index (χ2n) is 9.66. The first-order chi connectivity index (χ1) is 18.4. The molecular weight excluding hydrogens is 472 g/mol. The van der Waals surface area contributed by atoms with Crippen LogP contribution in [-0.4, -0.2) is 30.2 Å². The molecule has 0 bridgehead atoms. The predicted octanol–water partition coefficient (Wildman–Crippen LogP) is 6.87. The molecule has 6 aromatic rings. The Bertz CT molecular complexity index is 1830. The molecule has 0 atom stereocenters. The van der Waals surface area contributed by atoms with Crippen LogP contribution in [0.1, 0.15) is 34.2 Å². The summed E-state index contributed by atoms with van der Waals surface area (Å²) in [5.41, 5.74) is 9.41. The van der Waals surface area contributed by atoms with E-state index in [-0.39, 0.29) is 0 Å². The van der Waals surface area contributed by atoms with Crippen LogP contribution >= 0.6 is 0 Å². The first-order valence-corrected chi connectivity index (χ1v) is 12.8. The van der Waals surface area contributed by atoms with Crippen molar-refractivity contribution in [3.8, 4) is 22.5 Å². The van der Waals surface area contributed by atoms with Gasteiger partial charge in [0.05, 0.1) is 27.6 Å². The lowest BCUT2D eigenvalue weighted by atomic mass is 9.98. The van der Waals surface area contributed by atoms with Crippen LogP contribution in [0.3, 0.4) is 0 Å². The maximum atomic E-state index is 11.7. The van der Waals surface area contributed by atoms with Gasteiger partial charge in [-0.3, -0.25) is 0 Å². The average Bonchev–Trinajstić information content (AvgIpc) is 3.47. The molecule has 0 amide bonds. The minimum absolute atomic E-state index is 0.305. The van der Waals surface area contributed by atoms with Crippen molar-refractivity contribution in [3.63, 3.8) is 0 Å². The second kappa shape index (κ2) is 9.30. The first kappa shape index (κ1) is 23.7. The van der Waals surface area contributed by atoms with E-state index < -0.39 is 5.97 Å². The smallest absolute Gasteiger partial charge is 0.336 e. The largest absolute Gasteiger partial charge is 0.478 e. The van der Waals surface area contributed by atoms with Gasteiger partial charge in [-0.1, -0.05) is 61.5 Å². The van der Waals surface area contributed by atoms with Gasteiger partial charge in [0.25, 0.3) is 0 Å². The zero-order valence-electron chi connectivity index (χ0n) is 21.6. The summed E-state index contributed by atoms with van der Waals surface area (Å²) in [7, 11) is 2.06. The zero-order chi connectivity index (χ0) is 26.4. The highest BCUT2D eigenvalue weighted by molar-refractivity contribution is 5.96. The minimum Gasteiger partial charge on any atom is -0.478 e. The number of hydrogen-bond donors (Lipinski definition) is 1. The van der Waals surface area contributed by atoms with Crippen LogP contribution in [0.5, 0.6) is 0 Å². The number of aryl methyl sites for hydroxylation is 3. The third-order valence-corrected chi connectivity index (χ3v) is 7.25. The van der Waals surface area contributed by atoms with E-state index in [1.807, 2.05) is 42.5 Å². The summed E-state index contributed by atoms with van der Waals surface area (Å²) < 4.78 is 4.43. The van der Waals surface area contributed by atoms with Gasteiger partial charge >= 0.3 is 5.97 Å². The molecule has 2 aromatic heterocycles. The van der Waals surface area contributed by atoms with Crippen molar-refractivity contribution in [1.29, 1.82) is 0 Å². The quantitative estimate of drug-likeness (QED) is 0.271. The lowest BCUT2D eigenvalue weighted by Crippen LogP contribution is -2.05. The molecule has 38 heavy (non-hydrogen) atoms. The molecule has 6 nitrogen and oxygen atoms in total. The SMILES string of the molecule is CCc1nc2c(C)cc(-c3nc4ccccc4n3C)cc2n1Cc1ccc(-c2ccccc2C(=O)O)cc1. The highest BCUT2D eigenvalue weighted by atomic mass is 16.4. The third kappa shape index (κ3) is 3.95. The standard InChI is InChI=1S/C32H28N4O2/c1-4-29-34-30-20(2)17-23(31-33-26-11-7-8-12-27(26)35(31)3)18-28(30)36(29)19-21-13-15-22(16-14-21)24-9-5-6-10-25(24)32(37)38/h5-18H,4,19H2,1-3H3,(H,37,38). The first-order valence-electron chi connectivity index (χ1n) is 12.8. The Kier molecular flexibility index (Phi) is 5.80. The van der Waals surface area contributed by atoms with Gasteiger partial charge in [0, 0.05) is 25.6 Å². The number of carboxylic acids is 1. The lowest BCUT2D eigenvalue weighted by Gasteiger charge is -2.12. The van der Waals surface area contributed by atoms with Crippen LogP contribution in [0.2, 0.25) is 0 Å². The molecule has 0 aliphatic heterocycles. The summed E-state index contributed by atoms with van der Waals surface area (Å²) >= 11 is 0. The molecule has 4 aromatic carbocycles. The molecular formula is C32H28N4O2. The van der Waals surface area contributed by atoms with Crippen LogP contribution in [0.4, 0.5) is 0 Å². The number of aromatic carboxylic acids is 1. The van der Waals surface area contributed by atoms with Crippen molar-refractivity contribution in [2.75, 3.05) is 0 Å². The Hall–Kier alpha value is -4.71. The number of nitrogens with zero attached hydrogens (tertiary/aromatic N) is 4. The molecule has 2 heterocycles. The predicted molar refractivity (Wildman–Crippen MR) is 151 cm³/mol. The van der Waals surface area contributed by atoms with Crippen molar-refractivity contribution in [2.45, 2.75) is 26.8 Å². The molecule has 0 saturated carbocycles. The number of para-hydroxylation sites is 2. The molecule has 0 saturated heterocycles. The number of benzene rings is 4. The van der Waals surface area contributed by atoms with Gasteiger partial charge in [-0.2, -0.15) is 0 Å². The van der Waals surface area contributed by atoms with Crippen molar-refractivity contribution in [3.05, 3.63) is 107 Å². The number of carbonyl (C=O) groups is 1. The Morgan fingerprint density at radius 1 is 0.868 bits per heavy atom. The normalized spacial score (nSPS) is 11.4. The van der Waals surface area contributed by atoms with Gasteiger partial charge in [-0.05, 0) is 59.5 Å².